The van der Waals surface area contributed by atoms with E-state index in [1.165, 1.54) is 35.1 Å². The lowest BCUT2D eigenvalue weighted by Crippen LogP contribution is -2.47. The van der Waals surface area contributed by atoms with E-state index in [0.29, 0.717) is 36.8 Å². The number of nitrogens with two attached hydrogens (primary N) is 1. The number of benzene rings is 1. The summed E-state index contributed by atoms with van der Waals surface area (Å²) in [6, 6.07) is 4.92. The number of hydrogen-bond acceptors (Lipinski definition) is 12. The lowest BCUT2D eigenvalue weighted by molar-refractivity contribution is 0.0521. The second-order valence-electron chi connectivity index (χ2n) is 25.1. The molecule has 4 amide bonds. The molecule has 0 spiro atoms. The van der Waals surface area contributed by atoms with Gasteiger partial charge >= 0.3 is 24.4 Å². The highest BCUT2D eigenvalue weighted by molar-refractivity contribution is 6.02. The summed E-state index contributed by atoms with van der Waals surface area (Å²) in [5.41, 5.74) is 9.40. The minimum absolute atomic E-state index is 0.0412. The highest BCUT2D eigenvalue weighted by Gasteiger charge is 2.37. The first-order valence-corrected chi connectivity index (χ1v) is 25.8. The zero-order valence-electron chi connectivity index (χ0n) is 46.3. The van der Waals surface area contributed by atoms with Crippen molar-refractivity contribution in [3.63, 3.8) is 0 Å². The Bertz CT molecular complexity index is 1890. The Morgan fingerprint density at radius 1 is 0.543 bits per heavy atom. The summed E-state index contributed by atoms with van der Waals surface area (Å²) >= 11 is 0. The third-order valence-electron chi connectivity index (χ3n) is 12.8. The monoisotopic (exact) mass is 983 g/mol. The van der Waals surface area contributed by atoms with Crippen molar-refractivity contribution in [1.29, 1.82) is 0 Å². The van der Waals surface area contributed by atoms with E-state index >= 15 is 0 Å². The van der Waals surface area contributed by atoms with Gasteiger partial charge in [-0.25, -0.2) is 19.2 Å². The largest absolute Gasteiger partial charge is 0.444 e. The first-order chi connectivity index (χ1) is 32.1. The molecular weight excluding hydrogens is 889 g/mol. The number of guanidine groups is 2. The minimum atomic E-state index is -0.677. The topological polar surface area (TPSA) is 216 Å². The van der Waals surface area contributed by atoms with Crippen LogP contribution in [0.25, 0.3) is 0 Å². The third-order valence-corrected chi connectivity index (χ3v) is 12.8. The van der Waals surface area contributed by atoms with Gasteiger partial charge < -0.3 is 30.0 Å². The van der Waals surface area contributed by atoms with Crippen LogP contribution in [-0.2, 0) is 36.3 Å². The number of amides is 4. The molecule has 0 bridgehead atoms. The Hall–Kier alpha value is -4.44. The van der Waals surface area contributed by atoms with E-state index in [4.69, 9.17) is 24.7 Å². The van der Waals surface area contributed by atoms with E-state index in [1.54, 1.807) is 83.1 Å². The number of nitrogens with one attached hydrogen (secondary N) is 5. The van der Waals surface area contributed by atoms with Crippen LogP contribution in [0.3, 0.4) is 0 Å². The van der Waals surface area contributed by atoms with Crippen molar-refractivity contribution in [3.05, 3.63) is 34.4 Å². The van der Waals surface area contributed by atoms with Gasteiger partial charge in [-0.2, -0.15) is 0 Å². The van der Waals surface area contributed by atoms with Crippen LogP contribution in [0.5, 0.6) is 0 Å². The number of alkyl carbamates (subject to hydrolysis) is 4. The number of fused-ring (bicyclic) bond motifs is 1. The van der Waals surface area contributed by atoms with Gasteiger partial charge in [0, 0.05) is 19.6 Å². The van der Waals surface area contributed by atoms with E-state index in [1.807, 2.05) is 0 Å². The van der Waals surface area contributed by atoms with Gasteiger partial charge in [-0.1, -0.05) is 39.8 Å². The zero-order valence-corrected chi connectivity index (χ0v) is 46.3. The number of rotatable bonds is 9. The fraction of sp³-hybridized carbons (Fsp3) is 0.778. The number of nitrogens with zero attached hydrogens (tertiary/aromatic N) is 2. The molecule has 0 heterocycles. The maximum atomic E-state index is 12.4. The van der Waals surface area contributed by atoms with Gasteiger partial charge in [0.05, 0.1) is 0 Å². The quantitative estimate of drug-likeness (QED) is 0.0782. The Labute approximate surface area is 421 Å². The van der Waals surface area contributed by atoms with Gasteiger partial charge in [0.25, 0.3) is 0 Å². The average molecular weight is 983 g/mol. The van der Waals surface area contributed by atoms with Crippen LogP contribution in [0.2, 0.25) is 0 Å². The molecule has 2 fully saturated rings. The van der Waals surface area contributed by atoms with Gasteiger partial charge in [-0.3, -0.25) is 31.3 Å². The highest BCUT2D eigenvalue weighted by Crippen LogP contribution is 2.46. The lowest BCUT2D eigenvalue weighted by Gasteiger charge is -2.42. The standard InChI is InChI=1S/C35H58N4O4.C19H36N4O4/c1-23-18-27-28(35(10,11)17-16-34(27,8)9)19-26(23)22-36-20-24-12-14-25(15-13-24)21-37-29(38-30(40)42-32(2,3)4)39-31(41)43-33(5,6)7;1-18(2,3)26-16(24)22-15(23-17(25)27-19(4,5)6)21-12-14-9-7-13(11-20)8-10-14/h18-19,24-25,36H,12-17,20-22H2,1-11H3,(H2,37,38,39,40,41);13-14H,7-12,20H2,1-6H3,(H2,21,22,23,24,25). The fourth-order valence-corrected chi connectivity index (χ4v) is 8.90. The Kier molecular flexibility index (Phi) is 21.6. The number of aryl methyl sites for hydroxylation is 1. The third kappa shape index (κ3) is 22.8. The summed E-state index contributed by atoms with van der Waals surface area (Å²) in [6.45, 7) is 36.8. The van der Waals surface area contributed by atoms with Crippen LogP contribution in [0.15, 0.2) is 22.1 Å². The fourth-order valence-electron chi connectivity index (χ4n) is 8.90. The smallest absolute Gasteiger partial charge is 0.414 e. The molecule has 0 saturated heterocycles. The summed E-state index contributed by atoms with van der Waals surface area (Å²) in [7, 11) is 0. The second-order valence-corrected chi connectivity index (χ2v) is 25.1. The lowest BCUT2D eigenvalue weighted by atomic mass is 9.62. The molecule has 1 aromatic rings. The number of hydrogen-bond donors (Lipinski definition) is 6. The van der Waals surface area contributed by atoms with E-state index < -0.39 is 46.8 Å². The van der Waals surface area contributed by atoms with Crippen molar-refractivity contribution in [1.82, 2.24) is 26.6 Å². The molecule has 3 aliphatic carbocycles. The number of carbonyl (C=O) groups excluding carboxylic acids is 4. The van der Waals surface area contributed by atoms with E-state index in [9.17, 15) is 19.2 Å². The van der Waals surface area contributed by atoms with Gasteiger partial charge in [0.2, 0.25) is 11.9 Å². The average Bonchev–Trinajstić information content (AvgIpc) is 3.19. The van der Waals surface area contributed by atoms with Crippen LogP contribution in [0, 0.1) is 30.6 Å². The molecule has 16 nitrogen and oxygen atoms in total. The number of ether oxygens (including phenoxy) is 4. The molecule has 7 N–H and O–H groups in total. The molecular formula is C54H94N8O8. The molecule has 0 aromatic heterocycles. The molecule has 0 atom stereocenters. The van der Waals surface area contributed by atoms with Crippen molar-refractivity contribution in [2.75, 3.05) is 26.2 Å². The normalized spacial score (nSPS) is 20.9. The molecule has 1 aromatic carbocycles. The number of aliphatic imine (C=N–C) groups is 2. The van der Waals surface area contributed by atoms with Gasteiger partial charge in [-0.15, -0.1) is 0 Å². The van der Waals surface area contributed by atoms with Crippen molar-refractivity contribution >= 4 is 36.3 Å². The van der Waals surface area contributed by atoms with Crippen LogP contribution in [0.1, 0.15) is 197 Å². The molecule has 0 radical (unpaired) electrons. The summed E-state index contributed by atoms with van der Waals surface area (Å²) in [4.78, 5) is 57.8. The predicted octanol–water partition coefficient (Wildman–Crippen LogP) is 10.8. The molecule has 0 unspecified atom stereocenters. The highest BCUT2D eigenvalue weighted by atomic mass is 16.6. The van der Waals surface area contributed by atoms with Crippen molar-refractivity contribution in [3.8, 4) is 0 Å². The van der Waals surface area contributed by atoms with Crippen LogP contribution < -0.4 is 32.3 Å². The van der Waals surface area contributed by atoms with E-state index in [0.717, 1.165) is 71.0 Å². The molecule has 4 rings (SSSR count). The van der Waals surface area contributed by atoms with E-state index in [-0.39, 0.29) is 22.7 Å². The maximum absolute atomic E-state index is 12.4. The van der Waals surface area contributed by atoms with E-state index in [2.05, 4.69) is 83.3 Å². The number of carbonyl (C=O) groups is 4. The molecule has 70 heavy (non-hydrogen) atoms. The first-order valence-electron chi connectivity index (χ1n) is 25.8. The second kappa shape index (κ2) is 25.3. The molecule has 16 heteroatoms. The van der Waals surface area contributed by atoms with Crippen LogP contribution in [-0.4, -0.2) is 84.9 Å². The molecule has 398 valence electrons. The Morgan fingerprint density at radius 2 is 0.857 bits per heavy atom. The van der Waals surface area contributed by atoms with Crippen LogP contribution >= 0.6 is 0 Å². The summed E-state index contributed by atoms with van der Waals surface area (Å²) in [5, 5.41) is 13.9. The first kappa shape index (κ1) is 59.9. The maximum Gasteiger partial charge on any atom is 0.414 e. The van der Waals surface area contributed by atoms with Crippen molar-refractivity contribution < 1.29 is 38.1 Å². The molecule has 0 aliphatic heterocycles. The molecule has 2 saturated carbocycles. The Balaban J connectivity index is 0.000000413. The SMILES string of the molecule is CC(C)(C)OC(=O)NC(=NCC1CCC(CN)CC1)NC(=O)OC(C)(C)C.Cc1cc2c(cc1CNCC1CCC(CN=C(NC(=O)OC(C)(C)C)NC(=O)OC(C)(C)C)CC1)C(C)(C)CCC2(C)C. The molecule has 3 aliphatic rings. The van der Waals surface area contributed by atoms with Gasteiger partial charge in [0.15, 0.2) is 0 Å². The van der Waals surface area contributed by atoms with Gasteiger partial charge in [0.1, 0.15) is 22.4 Å². The predicted molar refractivity (Wildman–Crippen MR) is 280 cm³/mol. The zero-order chi connectivity index (χ0) is 52.9. The minimum Gasteiger partial charge on any atom is -0.444 e. The summed E-state index contributed by atoms with van der Waals surface area (Å²) in [5.74, 6) is 2.11. The summed E-state index contributed by atoms with van der Waals surface area (Å²) < 4.78 is 21.2. The van der Waals surface area contributed by atoms with Crippen molar-refractivity contribution in [2.24, 2.45) is 39.4 Å². The van der Waals surface area contributed by atoms with Gasteiger partial charge in [-0.05, 0) is 224 Å². The Morgan fingerprint density at radius 3 is 1.19 bits per heavy atom. The summed E-state index contributed by atoms with van der Waals surface area (Å²) in [6.07, 6.45) is 8.41. The van der Waals surface area contributed by atoms with Crippen molar-refractivity contribution in [2.45, 2.75) is 222 Å². The van der Waals surface area contributed by atoms with Crippen LogP contribution in [0.4, 0.5) is 19.2 Å².